The van der Waals surface area contributed by atoms with Gasteiger partial charge in [-0.1, -0.05) is 0 Å². The number of carboxylic acids is 1. The van der Waals surface area contributed by atoms with Crippen molar-refractivity contribution < 1.29 is 33.8 Å². The standard InChI is InChI=1S/C16H13I2NO7S/c1-7(15(23)25-2)19-14(22)11(27-16(19)24)5-8-3-9(17)13(10(18)4-8)26-6-12(20)21/h3-5,7H,6H2,1-2H3,(H,20,21)/b11-5+/t7-/m0/s1. The van der Waals surface area contributed by atoms with E-state index in [0.717, 1.165) is 16.7 Å². The first kappa shape index (κ1) is 21.9. The summed E-state index contributed by atoms with van der Waals surface area (Å²) in [5.74, 6) is -1.90. The van der Waals surface area contributed by atoms with E-state index in [4.69, 9.17) is 9.84 Å². The van der Waals surface area contributed by atoms with Crippen molar-refractivity contribution in [3.05, 3.63) is 29.7 Å². The molecule has 11 heteroatoms. The van der Waals surface area contributed by atoms with Crippen LogP contribution < -0.4 is 4.74 Å². The lowest BCUT2D eigenvalue weighted by Gasteiger charge is -2.18. The fourth-order valence-corrected chi connectivity index (χ4v) is 5.21. The molecule has 1 fully saturated rings. The van der Waals surface area contributed by atoms with Crippen LogP contribution in [-0.4, -0.2) is 52.8 Å². The van der Waals surface area contributed by atoms with Gasteiger partial charge in [-0.05, 0) is 87.6 Å². The molecular formula is C16H13I2NO7S. The number of esters is 1. The molecule has 1 atom stereocenters. The van der Waals surface area contributed by atoms with E-state index in [0.29, 0.717) is 18.5 Å². The molecule has 0 spiro atoms. The van der Waals surface area contributed by atoms with Gasteiger partial charge in [0.05, 0.1) is 19.2 Å². The van der Waals surface area contributed by atoms with E-state index >= 15 is 0 Å². The molecule has 0 aromatic heterocycles. The van der Waals surface area contributed by atoms with Crippen molar-refractivity contribution >= 4 is 86.1 Å². The number of aliphatic carboxylic acids is 1. The second-order valence-electron chi connectivity index (χ2n) is 5.25. The Morgan fingerprint density at radius 3 is 2.41 bits per heavy atom. The fraction of sp³-hybridized carbons (Fsp3) is 0.250. The molecule has 1 aliphatic heterocycles. The molecule has 0 radical (unpaired) electrons. The van der Waals surface area contributed by atoms with Crippen LogP contribution in [-0.2, 0) is 19.1 Å². The summed E-state index contributed by atoms with van der Waals surface area (Å²) in [6.07, 6.45) is 1.54. The van der Waals surface area contributed by atoms with Crippen LogP contribution in [0.4, 0.5) is 4.79 Å². The minimum absolute atomic E-state index is 0.182. The highest BCUT2D eigenvalue weighted by Crippen LogP contribution is 2.35. The monoisotopic (exact) mass is 617 g/mol. The van der Waals surface area contributed by atoms with Gasteiger partial charge in [0.2, 0.25) is 0 Å². The number of benzene rings is 1. The maximum atomic E-state index is 12.5. The lowest BCUT2D eigenvalue weighted by molar-refractivity contribution is -0.148. The molecule has 1 heterocycles. The van der Waals surface area contributed by atoms with Crippen molar-refractivity contribution in [2.24, 2.45) is 0 Å². The highest BCUT2D eigenvalue weighted by molar-refractivity contribution is 14.1. The number of carboxylic acid groups (broad SMARTS) is 1. The number of amides is 2. The van der Waals surface area contributed by atoms with Gasteiger partial charge >= 0.3 is 11.9 Å². The van der Waals surface area contributed by atoms with Gasteiger partial charge in [-0.3, -0.25) is 14.5 Å². The number of carbonyl (C=O) groups excluding carboxylic acids is 3. The average Bonchev–Trinajstić information content (AvgIpc) is 2.86. The summed E-state index contributed by atoms with van der Waals surface area (Å²) < 4.78 is 11.2. The minimum atomic E-state index is -1.08. The molecule has 1 saturated heterocycles. The molecule has 2 amide bonds. The predicted molar refractivity (Wildman–Crippen MR) is 114 cm³/mol. The maximum absolute atomic E-state index is 12.5. The Hall–Kier alpha value is -1.35. The Morgan fingerprint density at radius 1 is 1.30 bits per heavy atom. The number of imide groups is 1. The van der Waals surface area contributed by atoms with Crippen molar-refractivity contribution in [3.8, 4) is 5.75 Å². The third kappa shape index (κ3) is 5.13. The zero-order chi connectivity index (χ0) is 20.3. The van der Waals surface area contributed by atoms with Crippen molar-refractivity contribution in [1.29, 1.82) is 0 Å². The van der Waals surface area contributed by atoms with E-state index in [1.165, 1.54) is 14.0 Å². The second-order valence-corrected chi connectivity index (χ2v) is 8.56. The first-order valence-electron chi connectivity index (χ1n) is 7.34. The molecule has 0 aliphatic carbocycles. The number of carbonyl (C=O) groups is 4. The number of halogens is 2. The molecule has 0 bridgehead atoms. The maximum Gasteiger partial charge on any atom is 0.341 e. The molecule has 2 rings (SSSR count). The quantitative estimate of drug-likeness (QED) is 0.295. The Morgan fingerprint density at radius 2 is 1.89 bits per heavy atom. The van der Waals surface area contributed by atoms with Crippen molar-refractivity contribution in [3.63, 3.8) is 0 Å². The van der Waals surface area contributed by atoms with Crippen LogP contribution >= 0.6 is 56.9 Å². The smallest absolute Gasteiger partial charge is 0.341 e. The lowest BCUT2D eigenvalue weighted by atomic mass is 10.2. The van der Waals surface area contributed by atoms with Crippen LogP contribution in [0.5, 0.6) is 5.75 Å². The molecule has 144 valence electrons. The first-order chi connectivity index (χ1) is 12.6. The Bertz CT molecular complexity index is 832. The highest BCUT2D eigenvalue weighted by atomic mass is 127. The minimum Gasteiger partial charge on any atom is -0.480 e. The van der Waals surface area contributed by atoms with Crippen molar-refractivity contribution in [2.45, 2.75) is 13.0 Å². The van der Waals surface area contributed by atoms with Gasteiger partial charge in [0, 0.05) is 0 Å². The van der Waals surface area contributed by atoms with E-state index in [-0.39, 0.29) is 4.91 Å². The van der Waals surface area contributed by atoms with Gasteiger partial charge in [-0.25, -0.2) is 9.59 Å². The molecule has 1 aromatic carbocycles. The van der Waals surface area contributed by atoms with Crippen LogP contribution in [0.3, 0.4) is 0 Å². The number of hydrogen-bond donors (Lipinski definition) is 1. The van der Waals surface area contributed by atoms with Crippen LogP contribution in [0, 0.1) is 7.14 Å². The molecule has 1 aromatic rings. The summed E-state index contributed by atoms with van der Waals surface area (Å²) in [4.78, 5) is 48.0. The topological polar surface area (TPSA) is 110 Å². The van der Waals surface area contributed by atoms with E-state index in [1.54, 1.807) is 18.2 Å². The molecular weight excluding hydrogens is 604 g/mol. The van der Waals surface area contributed by atoms with Crippen LogP contribution in [0.25, 0.3) is 6.08 Å². The molecule has 8 nitrogen and oxygen atoms in total. The highest BCUT2D eigenvalue weighted by Gasteiger charge is 2.41. The third-order valence-electron chi connectivity index (χ3n) is 3.41. The first-order valence-corrected chi connectivity index (χ1v) is 10.3. The zero-order valence-corrected chi connectivity index (χ0v) is 19.2. The van der Waals surface area contributed by atoms with Crippen LogP contribution in [0.2, 0.25) is 0 Å². The Balaban J connectivity index is 2.29. The Labute approximate surface area is 185 Å². The predicted octanol–water partition coefficient (Wildman–Crippen LogP) is 2.96. The Kier molecular flexibility index (Phi) is 7.50. The summed E-state index contributed by atoms with van der Waals surface area (Å²) in [5.41, 5.74) is 0.641. The van der Waals surface area contributed by atoms with Gasteiger partial charge < -0.3 is 14.6 Å². The number of nitrogens with zero attached hydrogens (tertiary/aromatic N) is 1. The number of hydrogen-bond acceptors (Lipinski definition) is 7. The van der Waals surface area contributed by atoms with Crippen molar-refractivity contribution in [1.82, 2.24) is 4.90 Å². The van der Waals surface area contributed by atoms with Gasteiger partial charge in [0.1, 0.15) is 11.8 Å². The van der Waals surface area contributed by atoms with Crippen molar-refractivity contribution in [2.75, 3.05) is 13.7 Å². The number of rotatable bonds is 6. The molecule has 0 unspecified atom stereocenters. The van der Waals surface area contributed by atoms with Crippen LogP contribution in [0.15, 0.2) is 17.0 Å². The van der Waals surface area contributed by atoms with Gasteiger partial charge in [-0.2, -0.15) is 0 Å². The summed E-state index contributed by atoms with van der Waals surface area (Å²) in [5, 5.41) is 8.19. The normalized spacial score (nSPS) is 16.6. The molecule has 0 saturated carbocycles. The van der Waals surface area contributed by atoms with E-state index < -0.39 is 35.7 Å². The van der Waals surface area contributed by atoms with E-state index in [9.17, 15) is 19.2 Å². The number of ether oxygens (including phenoxy) is 2. The largest absolute Gasteiger partial charge is 0.480 e. The number of thioether (sulfide) groups is 1. The molecule has 27 heavy (non-hydrogen) atoms. The summed E-state index contributed by atoms with van der Waals surface area (Å²) in [6.45, 7) is 0.960. The SMILES string of the molecule is COC(=O)[C@H](C)N1C(=O)S/C(=C/c2cc(I)c(OCC(=O)O)c(I)c2)C1=O. The fourth-order valence-electron chi connectivity index (χ4n) is 2.18. The molecule has 1 aliphatic rings. The number of methoxy groups -OCH3 is 1. The summed E-state index contributed by atoms with van der Waals surface area (Å²) >= 11 is 4.74. The van der Waals surface area contributed by atoms with Gasteiger partial charge in [0.15, 0.2) is 6.61 Å². The summed E-state index contributed by atoms with van der Waals surface area (Å²) in [7, 11) is 1.19. The zero-order valence-electron chi connectivity index (χ0n) is 14.0. The van der Waals surface area contributed by atoms with Gasteiger partial charge in [-0.15, -0.1) is 0 Å². The summed E-state index contributed by atoms with van der Waals surface area (Å²) in [6, 6.07) is 2.40. The second kappa shape index (κ2) is 9.23. The lowest BCUT2D eigenvalue weighted by Crippen LogP contribution is -2.42. The van der Waals surface area contributed by atoms with Crippen LogP contribution in [0.1, 0.15) is 12.5 Å². The third-order valence-corrected chi connectivity index (χ3v) is 5.90. The van der Waals surface area contributed by atoms with E-state index in [1.807, 2.05) is 45.2 Å². The molecule has 1 N–H and O–H groups in total. The average molecular weight is 617 g/mol. The van der Waals surface area contributed by atoms with E-state index in [2.05, 4.69) is 4.74 Å². The van der Waals surface area contributed by atoms with Gasteiger partial charge in [0.25, 0.3) is 11.1 Å².